The fraction of sp³-hybridized carbons (Fsp3) is 0.375. The molecule has 1 N–H and O–H groups in total. The summed E-state index contributed by atoms with van der Waals surface area (Å²) >= 11 is 1.48. The quantitative estimate of drug-likeness (QED) is 0.835. The summed E-state index contributed by atoms with van der Waals surface area (Å²) in [5.74, 6) is 1.24. The fourth-order valence-corrected chi connectivity index (χ4v) is 2.95. The maximum atomic E-state index is 11.8. The van der Waals surface area contributed by atoms with E-state index in [1.165, 1.54) is 24.6 Å². The Labute approximate surface area is 129 Å². The number of hydrogen-bond acceptors (Lipinski definition) is 3. The van der Waals surface area contributed by atoms with Crippen molar-refractivity contribution < 1.29 is 4.79 Å². The largest absolute Gasteiger partial charge is 0.355 e. The average Bonchev–Trinajstić information content (AvgIpc) is 3.27. The molecular weight excluding hydrogens is 282 g/mol. The van der Waals surface area contributed by atoms with E-state index in [2.05, 4.69) is 22.4 Å². The van der Waals surface area contributed by atoms with Gasteiger partial charge in [0.25, 0.3) is 0 Å². The van der Waals surface area contributed by atoms with Gasteiger partial charge in [-0.05, 0) is 24.3 Å². The molecule has 1 fully saturated rings. The molecule has 1 amide bonds. The number of thioether (sulfide) groups is 1. The second-order valence-corrected chi connectivity index (χ2v) is 6.33. The van der Waals surface area contributed by atoms with Crippen LogP contribution in [0.1, 0.15) is 12.8 Å². The van der Waals surface area contributed by atoms with E-state index < -0.39 is 0 Å². The number of carbonyl (C=O) groups excluding carboxylic acids is 1. The number of hydrogen-bond donors (Lipinski definition) is 1. The molecule has 0 atom stereocenters. The zero-order valence-electron chi connectivity index (χ0n) is 12.1. The van der Waals surface area contributed by atoms with Crippen molar-refractivity contribution in [3.05, 3.63) is 36.5 Å². The van der Waals surface area contributed by atoms with Crippen LogP contribution in [0.25, 0.3) is 11.3 Å². The number of rotatable bonds is 6. The molecule has 0 bridgehead atoms. The van der Waals surface area contributed by atoms with Crippen molar-refractivity contribution in [3.63, 3.8) is 0 Å². The Bertz CT molecular complexity index is 620. The molecule has 5 heteroatoms. The van der Waals surface area contributed by atoms with Crippen LogP contribution in [0, 0.1) is 5.92 Å². The SMILES string of the molecule is Cn1c(-c2ccccc2)cnc1SCC(=O)NCC1CC1. The number of nitrogens with zero attached hydrogens (tertiary/aromatic N) is 2. The van der Waals surface area contributed by atoms with E-state index >= 15 is 0 Å². The maximum Gasteiger partial charge on any atom is 0.230 e. The summed E-state index contributed by atoms with van der Waals surface area (Å²) in [6.07, 6.45) is 4.38. The molecule has 1 aromatic heterocycles. The van der Waals surface area contributed by atoms with Gasteiger partial charge < -0.3 is 9.88 Å². The van der Waals surface area contributed by atoms with E-state index in [4.69, 9.17) is 0 Å². The van der Waals surface area contributed by atoms with Gasteiger partial charge in [-0.25, -0.2) is 4.98 Å². The molecule has 0 spiro atoms. The number of benzene rings is 1. The van der Waals surface area contributed by atoms with Gasteiger partial charge in [-0.15, -0.1) is 0 Å². The van der Waals surface area contributed by atoms with Crippen LogP contribution < -0.4 is 5.32 Å². The number of carbonyl (C=O) groups is 1. The third-order valence-electron chi connectivity index (χ3n) is 3.63. The minimum Gasteiger partial charge on any atom is -0.355 e. The van der Waals surface area contributed by atoms with Gasteiger partial charge in [0.15, 0.2) is 5.16 Å². The van der Waals surface area contributed by atoms with Crippen LogP contribution in [0.2, 0.25) is 0 Å². The Morgan fingerprint density at radius 1 is 1.38 bits per heavy atom. The minimum atomic E-state index is 0.0937. The lowest BCUT2D eigenvalue weighted by molar-refractivity contribution is -0.118. The maximum absolute atomic E-state index is 11.8. The molecule has 2 aromatic rings. The average molecular weight is 301 g/mol. The Kier molecular flexibility index (Phi) is 4.29. The molecule has 1 aromatic carbocycles. The van der Waals surface area contributed by atoms with Gasteiger partial charge in [0.2, 0.25) is 5.91 Å². The molecule has 21 heavy (non-hydrogen) atoms. The predicted octanol–water partition coefficient (Wildman–Crippen LogP) is 2.71. The van der Waals surface area contributed by atoms with Gasteiger partial charge >= 0.3 is 0 Å². The smallest absolute Gasteiger partial charge is 0.230 e. The van der Waals surface area contributed by atoms with Gasteiger partial charge in [-0.2, -0.15) is 0 Å². The van der Waals surface area contributed by atoms with Crippen molar-refractivity contribution in [3.8, 4) is 11.3 Å². The number of aromatic nitrogens is 2. The number of nitrogens with one attached hydrogen (secondary N) is 1. The second kappa shape index (κ2) is 6.35. The number of amides is 1. The van der Waals surface area contributed by atoms with Crippen molar-refractivity contribution in [1.29, 1.82) is 0 Å². The van der Waals surface area contributed by atoms with E-state index in [-0.39, 0.29) is 5.91 Å². The first-order valence-electron chi connectivity index (χ1n) is 7.20. The van der Waals surface area contributed by atoms with Crippen LogP contribution in [0.5, 0.6) is 0 Å². The van der Waals surface area contributed by atoms with Crippen molar-refractivity contribution >= 4 is 17.7 Å². The summed E-state index contributed by atoms with van der Waals surface area (Å²) in [5.41, 5.74) is 2.20. The highest BCUT2D eigenvalue weighted by Crippen LogP contribution is 2.28. The first kappa shape index (κ1) is 14.2. The highest BCUT2D eigenvalue weighted by atomic mass is 32.2. The highest BCUT2D eigenvalue weighted by Gasteiger charge is 2.21. The van der Waals surface area contributed by atoms with E-state index in [0.717, 1.165) is 28.9 Å². The van der Waals surface area contributed by atoms with E-state index in [1.54, 1.807) is 0 Å². The molecular formula is C16H19N3OS. The second-order valence-electron chi connectivity index (χ2n) is 5.39. The molecule has 1 aliphatic carbocycles. The first-order valence-corrected chi connectivity index (χ1v) is 8.19. The molecule has 110 valence electrons. The lowest BCUT2D eigenvalue weighted by Crippen LogP contribution is -2.27. The zero-order chi connectivity index (χ0) is 14.7. The summed E-state index contributed by atoms with van der Waals surface area (Å²) < 4.78 is 2.04. The third kappa shape index (κ3) is 3.67. The third-order valence-corrected chi connectivity index (χ3v) is 4.68. The lowest BCUT2D eigenvalue weighted by atomic mass is 10.2. The first-order chi connectivity index (χ1) is 10.2. The summed E-state index contributed by atoms with van der Waals surface area (Å²) in [5, 5.41) is 3.85. The van der Waals surface area contributed by atoms with Crippen molar-refractivity contribution in [2.45, 2.75) is 18.0 Å². The number of imidazole rings is 1. The van der Waals surface area contributed by atoms with Crippen LogP contribution in [0.15, 0.2) is 41.7 Å². The Balaban J connectivity index is 1.58. The molecule has 0 radical (unpaired) electrons. The Morgan fingerprint density at radius 2 is 2.14 bits per heavy atom. The Hall–Kier alpha value is -1.75. The van der Waals surface area contributed by atoms with E-state index in [1.807, 2.05) is 36.0 Å². The van der Waals surface area contributed by atoms with Gasteiger partial charge in [0.1, 0.15) is 0 Å². The van der Waals surface area contributed by atoms with Crippen molar-refractivity contribution in [1.82, 2.24) is 14.9 Å². The van der Waals surface area contributed by atoms with Crippen LogP contribution >= 0.6 is 11.8 Å². The molecule has 1 saturated carbocycles. The standard InChI is InChI=1S/C16H19N3OS/c1-19-14(13-5-3-2-4-6-13)10-18-16(19)21-11-15(20)17-9-12-7-8-12/h2-6,10,12H,7-9,11H2,1H3,(H,17,20). The van der Waals surface area contributed by atoms with Gasteiger partial charge in [0, 0.05) is 13.6 Å². The summed E-state index contributed by atoms with van der Waals surface area (Å²) in [4.78, 5) is 16.2. The minimum absolute atomic E-state index is 0.0937. The summed E-state index contributed by atoms with van der Waals surface area (Å²) in [6.45, 7) is 0.829. The molecule has 0 unspecified atom stereocenters. The highest BCUT2D eigenvalue weighted by molar-refractivity contribution is 7.99. The van der Waals surface area contributed by atoms with Crippen LogP contribution in [0.4, 0.5) is 0 Å². The zero-order valence-corrected chi connectivity index (χ0v) is 12.9. The monoisotopic (exact) mass is 301 g/mol. The molecule has 0 saturated heterocycles. The van der Waals surface area contributed by atoms with E-state index in [0.29, 0.717) is 5.75 Å². The van der Waals surface area contributed by atoms with Gasteiger partial charge in [0.05, 0.1) is 17.6 Å². The topological polar surface area (TPSA) is 46.9 Å². The molecule has 0 aliphatic heterocycles. The molecule has 1 heterocycles. The van der Waals surface area contributed by atoms with E-state index in [9.17, 15) is 4.79 Å². The van der Waals surface area contributed by atoms with Crippen LogP contribution in [0.3, 0.4) is 0 Å². The van der Waals surface area contributed by atoms with Crippen LogP contribution in [-0.4, -0.2) is 27.8 Å². The molecule has 1 aliphatic rings. The fourth-order valence-electron chi connectivity index (χ4n) is 2.17. The Morgan fingerprint density at radius 3 is 2.86 bits per heavy atom. The lowest BCUT2D eigenvalue weighted by Gasteiger charge is -2.06. The van der Waals surface area contributed by atoms with Gasteiger partial charge in [-0.3, -0.25) is 4.79 Å². The molecule has 3 rings (SSSR count). The molecule has 4 nitrogen and oxygen atoms in total. The van der Waals surface area contributed by atoms with Crippen molar-refractivity contribution in [2.24, 2.45) is 13.0 Å². The normalized spacial score (nSPS) is 14.1. The van der Waals surface area contributed by atoms with Gasteiger partial charge in [-0.1, -0.05) is 42.1 Å². The van der Waals surface area contributed by atoms with Crippen LogP contribution in [-0.2, 0) is 11.8 Å². The summed E-state index contributed by atoms with van der Waals surface area (Å²) in [6, 6.07) is 10.2. The predicted molar refractivity (Wildman–Crippen MR) is 85.1 cm³/mol. The van der Waals surface area contributed by atoms with Crippen molar-refractivity contribution in [2.75, 3.05) is 12.3 Å². The summed E-state index contributed by atoms with van der Waals surface area (Å²) in [7, 11) is 1.99.